The predicted octanol–water partition coefficient (Wildman–Crippen LogP) is 2.76. The van der Waals surface area contributed by atoms with Crippen LogP contribution in [0.5, 0.6) is 0 Å². The van der Waals surface area contributed by atoms with E-state index in [2.05, 4.69) is 10.6 Å². The Morgan fingerprint density at radius 1 is 1.19 bits per heavy atom. The molecular weight excluding hydrogens is 362 g/mol. The van der Waals surface area contributed by atoms with Crippen LogP contribution < -0.4 is 10.6 Å². The molecule has 9 heteroatoms. The molecule has 0 unspecified atom stereocenters. The minimum absolute atomic E-state index is 0.0128. The minimum atomic E-state index is -0.822. The van der Waals surface area contributed by atoms with Gasteiger partial charge in [0.25, 0.3) is 11.6 Å². The molecule has 0 saturated heterocycles. The van der Waals surface area contributed by atoms with Crippen LogP contribution in [0.2, 0.25) is 5.02 Å². The van der Waals surface area contributed by atoms with E-state index in [0.29, 0.717) is 5.02 Å². The number of ether oxygens (including phenoxy) is 1. The highest BCUT2D eigenvalue weighted by Crippen LogP contribution is 2.25. The van der Waals surface area contributed by atoms with Gasteiger partial charge in [-0.2, -0.15) is 0 Å². The lowest BCUT2D eigenvalue weighted by molar-refractivity contribution is -0.384. The molecule has 2 aromatic carbocycles. The highest BCUT2D eigenvalue weighted by molar-refractivity contribution is 6.30. The summed E-state index contributed by atoms with van der Waals surface area (Å²) in [6.07, 6.45) is 0. The van der Waals surface area contributed by atoms with E-state index in [1.807, 2.05) is 0 Å². The summed E-state index contributed by atoms with van der Waals surface area (Å²) in [4.78, 5) is 34.1. The van der Waals surface area contributed by atoms with E-state index >= 15 is 0 Å². The van der Waals surface area contributed by atoms with Crippen molar-refractivity contribution in [3.8, 4) is 0 Å². The summed E-state index contributed by atoms with van der Waals surface area (Å²) in [7, 11) is 1.53. The molecule has 0 aliphatic heterocycles. The van der Waals surface area contributed by atoms with Crippen molar-refractivity contribution in [3.63, 3.8) is 0 Å². The fourth-order valence-corrected chi connectivity index (χ4v) is 2.22. The van der Waals surface area contributed by atoms with Crippen molar-refractivity contribution >= 4 is 34.9 Å². The Kier molecular flexibility index (Phi) is 6.51. The summed E-state index contributed by atoms with van der Waals surface area (Å²) < 4.78 is 4.89. The zero-order chi connectivity index (χ0) is 19.1. The van der Waals surface area contributed by atoms with Gasteiger partial charge in [0.1, 0.15) is 5.69 Å². The Labute approximate surface area is 154 Å². The van der Waals surface area contributed by atoms with Crippen molar-refractivity contribution in [1.82, 2.24) is 5.32 Å². The molecular formula is C17H16ClN3O5. The van der Waals surface area contributed by atoms with E-state index in [4.69, 9.17) is 16.3 Å². The fraction of sp³-hybridized carbons (Fsp3) is 0.176. The van der Waals surface area contributed by atoms with Gasteiger partial charge < -0.3 is 15.4 Å². The third-order valence-electron chi connectivity index (χ3n) is 3.44. The first-order valence-corrected chi connectivity index (χ1v) is 7.93. The van der Waals surface area contributed by atoms with E-state index in [0.717, 1.165) is 11.6 Å². The molecule has 2 aromatic rings. The van der Waals surface area contributed by atoms with Gasteiger partial charge in [0.05, 0.1) is 10.5 Å². The third kappa shape index (κ3) is 5.18. The molecule has 0 aliphatic carbocycles. The number of nitrogens with zero attached hydrogens (tertiary/aromatic N) is 1. The lowest BCUT2D eigenvalue weighted by atomic mass is 10.1. The number of hydrogen-bond donors (Lipinski definition) is 2. The molecule has 0 fully saturated rings. The second kappa shape index (κ2) is 8.82. The molecule has 136 valence electrons. The van der Waals surface area contributed by atoms with Crippen molar-refractivity contribution < 1.29 is 19.2 Å². The number of carbonyl (C=O) groups is 2. The average Bonchev–Trinajstić information content (AvgIpc) is 2.65. The number of hydrogen-bond acceptors (Lipinski definition) is 6. The number of benzene rings is 2. The maximum Gasteiger partial charge on any atom is 0.338 e. The molecule has 8 nitrogen and oxygen atoms in total. The van der Waals surface area contributed by atoms with Crippen LogP contribution >= 0.6 is 11.6 Å². The van der Waals surface area contributed by atoms with Gasteiger partial charge in [0, 0.05) is 24.7 Å². The van der Waals surface area contributed by atoms with Crippen LogP contribution in [-0.4, -0.2) is 30.5 Å². The smallest absolute Gasteiger partial charge is 0.338 e. The summed E-state index contributed by atoms with van der Waals surface area (Å²) in [5.74, 6) is -1.31. The van der Waals surface area contributed by atoms with Crippen LogP contribution in [0.1, 0.15) is 15.9 Å². The first kappa shape index (κ1) is 19.2. The summed E-state index contributed by atoms with van der Waals surface area (Å²) >= 11 is 5.78. The third-order valence-corrected chi connectivity index (χ3v) is 3.69. The maximum atomic E-state index is 12.0. The molecule has 0 heterocycles. The largest absolute Gasteiger partial charge is 0.452 e. The second-order valence-electron chi connectivity index (χ2n) is 5.22. The number of nitrogens with one attached hydrogen (secondary N) is 2. The first-order valence-electron chi connectivity index (χ1n) is 7.55. The highest BCUT2D eigenvalue weighted by atomic mass is 35.5. The number of anilines is 1. The lowest BCUT2D eigenvalue weighted by Gasteiger charge is -2.08. The number of nitro benzene ring substituents is 1. The maximum absolute atomic E-state index is 12.0. The van der Waals surface area contributed by atoms with Gasteiger partial charge in [-0.15, -0.1) is 0 Å². The zero-order valence-corrected chi connectivity index (χ0v) is 14.6. The first-order chi connectivity index (χ1) is 12.4. The van der Waals surface area contributed by atoms with Gasteiger partial charge in [-0.25, -0.2) is 4.79 Å². The Hall–Kier alpha value is -3.13. The van der Waals surface area contributed by atoms with E-state index in [1.165, 1.54) is 19.2 Å². The monoisotopic (exact) mass is 377 g/mol. The Morgan fingerprint density at radius 2 is 1.88 bits per heavy atom. The van der Waals surface area contributed by atoms with Crippen LogP contribution in [0.25, 0.3) is 0 Å². The van der Waals surface area contributed by atoms with Crippen molar-refractivity contribution in [2.75, 3.05) is 19.0 Å². The Bertz CT molecular complexity index is 824. The van der Waals surface area contributed by atoms with Gasteiger partial charge in [0.2, 0.25) is 0 Å². The Morgan fingerprint density at radius 3 is 2.50 bits per heavy atom. The van der Waals surface area contributed by atoms with Gasteiger partial charge in [-0.3, -0.25) is 14.9 Å². The van der Waals surface area contributed by atoms with E-state index in [9.17, 15) is 19.7 Å². The predicted molar refractivity (Wildman–Crippen MR) is 96.2 cm³/mol. The van der Waals surface area contributed by atoms with E-state index < -0.39 is 23.4 Å². The average molecular weight is 378 g/mol. The number of halogens is 1. The molecule has 0 saturated carbocycles. The molecule has 0 bridgehead atoms. The molecule has 0 radical (unpaired) electrons. The van der Waals surface area contributed by atoms with E-state index in [1.54, 1.807) is 24.3 Å². The van der Waals surface area contributed by atoms with Crippen molar-refractivity contribution in [2.24, 2.45) is 0 Å². The van der Waals surface area contributed by atoms with E-state index in [-0.39, 0.29) is 23.5 Å². The normalized spacial score (nSPS) is 10.1. The molecule has 0 atom stereocenters. The lowest BCUT2D eigenvalue weighted by Crippen LogP contribution is -2.28. The van der Waals surface area contributed by atoms with Crippen molar-refractivity contribution in [1.29, 1.82) is 0 Å². The number of rotatable bonds is 7. The SMILES string of the molecule is CNc1ccc(C(=O)OCC(=O)NCc2ccc(Cl)cc2)cc1[N+](=O)[O-]. The van der Waals surface area contributed by atoms with Crippen LogP contribution in [0, 0.1) is 10.1 Å². The molecule has 1 amide bonds. The van der Waals surface area contributed by atoms with Crippen LogP contribution in [-0.2, 0) is 16.1 Å². The summed E-state index contributed by atoms with van der Waals surface area (Å²) in [6.45, 7) is -0.232. The number of nitro groups is 1. The quantitative estimate of drug-likeness (QED) is 0.436. The zero-order valence-electron chi connectivity index (χ0n) is 13.8. The molecule has 26 heavy (non-hydrogen) atoms. The summed E-state index contributed by atoms with van der Waals surface area (Å²) in [5, 5.41) is 16.9. The number of esters is 1. The van der Waals surface area contributed by atoms with Gasteiger partial charge >= 0.3 is 5.97 Å². The summed E-state index contributed by atoms with van der Waals surface area (Å²) in [5.41, 5.74) is 0.843. The van der Waals surface area contributed by atoms with Crippen molar-refractivity contribution in [3.05, 3.63) is 68.7 Å². The molecule has 0 aliphatic rings. The van der Waals surface area contributed by atoms with Gasteiger partial charge in [-0.1, -0.05) is 23.7 Å². The van der Waals surface area contributed by atoms with Gasteiger partial charge in [-0.05, 0) is 29.8 Å². The molecule has 2 rings (SSSR count). The minimum Gasteiger partial charge on any atom is -0.452 e. The van der Waals surface area contributed by atoms with Crippen molar-refractivity contribution in [2.45, 2.75) is 6.54 Å². The standard InChI is InChI=1S/C17H16ClN3O5/c1-19-14-7-4-12(8-15(14)21(24)25)17(23)26-10-16(22)20-9-11-2-5-13(18)6-3-11/h2-8,19H,9-10H2,1H3,(H,20,22). The van der Waals surface area contributed by atoms with Gasteiger partial charge in [0.15, 0.2) is 6.61 Å². The summed E-state index contributed by atoms with van der Waals surface area (Å²) in [6, 6.07) is 10.8. The molecule has 0 spiro atoms. The number of amides is 1. The topological polar surface area (TPSA) is 111 Å². The highest BCUT2D eigenvalue weighted by Gasteiger charge is 2.18. The van der Waals surface area contributed by atoms with Crippen LogP contribution in [0.15, 0.2) is 42.5 Å². The van der Waals surface area contributed by atoms with Crippen LogP contribution in [0.4, 0.5) is 11.4 Å². The molecule has 2 N–H and O–H groups in total. The Balaban J connectivity index is 1.89. The molecule has 0 aromatic heterocycles. The van der Waals surface area contributed by atoms with Crippen LogP contribution in [0.3, 0.4) is 0 Å². The fourth-order valence-electron chi connectivity index (χ4n) is 2.09. The second-order valence-corrected chi connectivity index (χ2v) is 5.65. The number of carbonyl (C=O) groups excluding carboxylic acids is 2.